The smallest absolute Gasteiger partial charge is 0.314 e. The molecule has 0 aliphatic heterocycles. The number of hydrogen-bond donors (Lipinski definition) is 2. The Labute approximate surface area is 102 Å². The summed E-state index contributed by atoms with van der Waals surface area (Å²) < 4.78 is 0. The second-order valence-electron chi connectivity index (χ2n) is 3.11. The van der Waals surface area contributed by atoms with Gasteiger partial charge in [0.15, 0.2) is 0 Å². The van der Waals surface area contributed by atoms with E-state index in [4.69, 9.17) is 23.2 Å². The summed E-state index contributed by atoms with van der Waals surface area (Å²) in [6.45, 7) is 0. The molecule has 0 spiro atoms. The van der Waals surface area contributed by atoms with Crippen molar-refractivity contribution in [1.82, 2.24) is 9.97 Å². The molecule has 0 saturated heterocycles. The molecule has 0 unspecified atom stereocenters. The van der Waals surface area contributed by atoms with E-state index in [0.717, 1.165) is 0 Å². The largest absolute Gasteiger partial charge is 0.316 e. The molecule has 1 aromatic carbocycles. The van der Waals surface area contributed by atoms with Crippen LogP contribution in [0.15, 0.2) is 15.7 Å². The minimum absolute atomic E-state index is 0.0377. The fourth-order valence-corrected chi connectivity index (χ4v) is 1.78. The van der Waals surface area contributed by atoms with Gasteiger partial charge in [0, 0.05) is 0 Å². The zero-order chi connectivity index (χ0) is 12.7. The molecule has 0 fully saturated rings. The first-order valence-corrected chi connectivity index (χ1v) is 4.96. The minimum Gasteiger partial charge on any atom is -0.316 e. The van der Waals surface area contributed by atoms with Crippen molar-refractivity contribution >= 4 is 39.9 Å². The molecule has 0 atom stereocenters. The number of benzene rings is 1. The molecule has 0 aliphatic carbocycles. The maximum atomic E-state index is 11.1. The van der Waals surface area contributed by atoms with Gasteiger partial charge in [-0.1, -0.05) is 23.2 Å². The standard InChI is InChI=1S/C8H3Cl2N3O4/c9-2-1-3-5(6(4(2)10)13(16)17)12-8(15)7(14)11-3/h1H,(H,11,14)(H,12,15)/i7-1. The zero-order valence-corrected chi connectivity index (χ0v) is 9.43. The summed E-state index contributed by atoms with van der Waals surface area (Å²) in [7, 11) is 0. The van der Waals surface area contributed by atoms with Gasteiger partial charge in [-0.05, 0) is 6.07 Å². The Kier molecular flexibility index (Phi) is 2.64. The summed E-state index contributed by atoms with van der Waals surface area (Å²) in [6.07, 6.45) is 0. The van der Waals surface area contributed by atoms with Crippen molar-refractivity contribution in [2.75, 3.05) is 0 Å². The van der Waals surface area contributed by atoms with E-state index in [-0.39, 0.29) is 21.1 Å². The van der Waals surface area contributed by atoms with Gasteiger partial charge < -0.3 is 9.97 Å². The number of rotatable bonds is 1. The molecule has 0 amide bonds. The van der Waals surface area contributed by atoms with Crippen LogP contribution in [0.2, 0.25) is 10.0 Å². The number of fused-ring (bicyclic) bond motifs is 1. The van der Waals surface area contributed by atoms with Gasteiger partial charge in [0.2, 0.25) is 0 Å². The van der Waals surface area contributed by atoms with Crippen LogP contribution in [0.25, 0.3) is 11.0 Å². The van der Waals surface area contributed by atoms with Crippen molar-refractivity contribution in [3.05, 3.63) is 46.9 Å². The summed E-state index contributed by atoms with van der Waals surface area (Å²) in [6, 6.07) is 1.23. The Morgan fingerprint density at radius 1 is 1.18 bits per heavy atom. The van der Waals surface area contributed by atoms with Crippen molar-refractivity contribution < 1.29 is 4.92 Å². The van der Waals surface area contributed by atoms with Crippen LogP contribution in [-0.4, -0.2) is 14.9 Å². The predicted molar refractivity (Wildman–Crippen MR) is 61.9 cm³/mol. The number of aromatic amines is 2. The van der Waals surface area contributed by atoms with E-state index >= 15 is 0 Å². The number of aromatic nitrogens is 2. The van der Waals surface area contributed by atoms with Crippen LogP contribution in [0.1, 0.15) is 0 Å². The molecule has 2 rings (SSSR count). The molecule has 9 heteroatoms. The maximum absolute atomic E-state index is 11.1. The third-order valence-electron chi connectivity index (χ3n) is 2.07. The zero-order valence-electron chi connectivity index (χ0n) is 7.91. The third kappa shape index (κ3) is 1.79. The van der Waals surface area contributed by atoms with E-state index < -0.39 is 21.7 Å². The van der Waals surface area contributed by atoms with Gasteiger partial charge >= 0.3 is 16.8 Å². The Balaban J connectivity index is 3.09. The highest BCUT2D eigenvalue weighted by Crippen LogP contribution is 2.36. The van der Waals surface area contributed by atoms with Crippen LogP contribution >= 0.6 is 23.2 Å². The van der Waals surface area contributed by atoms with E-state index in [9.17, 15) is 19.7 Å². The quantitative estimate of drug-likeness (QED) is 0.466. The molecule has 0 saturated carbocycles. The average molecular weight is 275 g/mol. The lowest BCUT2D eigenvalue weighted by Gasteiger charge is -2.02. The third-order valence-corrected chi connectivity index (χ3v) is 2.85. The van der Waals surface area contributed by atoms with E-state index in [1.807, 2.05) is 0 Å². The summed E-state index contributed by atoms with van der Waals surface area (Å²) in [5.41, 5.74) is -2.61. The van der Waals surface area contributed by atoms with Crippen LogP contribution in [0.5, 0.6) is 0 Å². The Hall–Kier alpha value is -1.86. The molecule has 2 N–H and O–H groups in total. The molecule has 0 bridgehead atoms. The molecule has 0 aliphatic rings. The van der Waals surface area contributed by atoms with Gasteiger partial charge in [0.05, 0.1) is 15.5 Å². The van der Waals surface area contributed by atoms with Crippen LogP contribution in [-0.2, 0) is 0 Å². The van der Waals surface area contributed by atoms with E-state index in [2.05, 4.69) is 9.97 Å². The van der Waals surface area contributed by atoms with Crippen LogP contribution in [0.4, 0.5) is 5.69 Å². The van der Waals surface area contributed by atoms with Crippen LogP contribution < -0.4 is 11.1 Å². The molecule has 2 aromatic rings. The topological polar surface area (TPSA) is 109 Å². The van der Waals surface area contributed by atoms with E-state index in [1.54, 1.807) is 0 Å². The lowest BCUT2D eigenvalue weighted by molar-refractivity contribution is -0.383. The first-order valence-electron chi connectivity index (χ1n) is 4.20. The lowest BCUT2D eigenvalue weighted by atomic mass is 10.2. The summed E-state index contributed by atoms with van der Waals surface area (Å²) in [5, 5.41) is 10.4. The molecule has 0 radical (unpaired) electrons. The fourth-order valence-electron chi connectivity index (χ4n) is 1.36. The van der Waals surface area contributed by atoms with Crippen molar-refractivity contribution in [3.63, 3.8) is 0 Å². The number of hydrogen-bond acceptors (Lipinski definition) is 4. The van der Waals surface area contributed by atoms with Gasteiger partial charge in [-0.3, -0.25) is 19.7 Å². The minimum atomic E-state index is -1.00. The Morgan fingerprint density at radius 3 is 2.35 bits per heavy atom. The molecule has 17 heavy (non-hydrogen) atoms. The maximum Gasteiger partial charge on any atom is 0.314 e. The van der Waals surface area contributed by atoms with Crippen molar-refractivity contribution in [2.24, 2.45) is 0 Å². The second kappa shape index (κ2) is 3.86. The number of nitro groups is 1. The van der Waals surface area contributed by atoms with Crippen LogP contribution in [0.3, 0.4) is 0 Å². The van der Waals surface area contributed by atoms with Crippen LogP contribution in [0, 0.1) is 10.1 Å². The SMILES string of the molecule is O=c1[nH]c2c([N+](=O)[O-])c(Cl)c(Cl)cc2[nH][11c]1=O. The van der Waals surface area contributed by atoms with Crippen molar-refractivity contribution in [3.8, 4) is 0 Å². The fraction of sp³-hybridized carbons (Fsp3) is 0. The molecule has 88 valence electrons. The normalized spacial score (nSPS) is 10.7. The Bertz CT molecular complexity index is 749. The highest BCUT2D eigenvalue weighted by molar-refractivity contribution is 6.44. The highest BCUT2D eigenvalue weighted by Gasteiger charge is 2.22. The molecular formula is C8H3Cl2N3O4. The molecular weight excluding hydrogens is 272 g/mol. The van der Waals surface area contributed by atoms with E-state index in [0.29, 0.717) is 0 Å². The average Bonchev–Trinajstić information content (AvgIpc) is 2.23. The van der Waals surface area contributed by atoms with Gasteiger partial charge in [0.1, 0.15) is 10.5 Å². The first-order chi connectivity index (χ1) is 7.91. The first kappa shape index (κ1) is 11.6. The van der Waals surface area contributed by atoms with Gasteiger partial charge in [-0.25, -0.2) is 0 Å². The highest BCUT2D eigenvalue weighted by atomic mass is 35.5. The van der Waals surface area contributed by atoms with Crippen molar-refractivity contribution in [2.45, 2.75) is 0 Å². The lowest BCUT2D eigenvalue weighted by Crippen LogP contribution is -2.29. The predicted octanol–water partition coefficient (Wildman–Crippen LogP) is 1.43. The second-order valence-corrected chi connectivity index (χ2v) is 3.89. The number of halogens is 2. The van der Waals surface area contributed by atoms with E-state index in [1.165, 1.54) is 6.07 Å². The Morgan fingerprint density at radius 2 is 1.76 bits per heavy atom. The van der Waals surface area contributed by atoms with Gasteiger partial charge in [0.25, 0.3) is 0 Å². The molecule has 1 aromatic heterocycles. The summed E-state index contributed by atoms with van der Waals surface area (Å²) >= 11 is 11.4. The number of nitrogens with zero attached hydrogens (tertiary/aromatic N) is 1. The van der Waals surface area contributed by atoms with Gasteiger partial charge in [-0.2, -0.15) is 0 Å². The summed E-state index contributed by atoms with van der Waals surface area (Å²) in [5.74, 6) is 0. The monoisotopic (exact) mass is 274 g/mol. The number of H-pyrrole nitrogens is 2. The van der Waals surface area contributed by atoms with Crippen molar-refractivity contribution in [1.29, 1.82) is 0 Å². The molecule has 1 heterocycles. The molecule has 7 nitrogen and oxygen atoms in total. The number of nitro benzene ring substituents is 1. The van der Waals surface area contributed by atoms with Gasteiger partial charge in [-0.15, -0.1) is 0 Å². The summed E-state index contributed by atoms with van der Waals surface area (Å²) in [4.78, 5) is 36.5. The number of nitrogens with one attached hydrogen (secondary N) is 2.